The first-order valence-electron chi connectivity index (χ1n) is 6.86. The standard InChI is InChI=1S/C15H22N2/c1-12-10-16-11-15(12)17-8-6-13-4-2-3-5-14(13)7-9-17/h2-5,12,15-16H,6-11H2,1H3. The van der Waals surface area contributed by atoms with Crippen molar-refractivity contribution in [3.63, 3.8) is 0 Å². The first-order chi connectivity index (χ1) is 8.34. The number of nitrogens with one attached hydrogen (secondary N) is 1. The third kappa shape index (κ3) is 2.24. The van der Waals surface area contributed by atoms with Crippen molar-refractivity contribution in [3.05, 3.63) is 35.4 Å². The van der Waals surface area contributed by atoms with Gasteiger partial charge in [-0.15, -0.1) is 0 Å². The minimum absolute atomic E-state index is 0.754. The molecule has 0 bridgehead atoms. The maximum Gasteiger partial charge on any atom is 0.0258 e. The summed E-state index contributed by atoms with van der Waals surface area (Å²) in [6, 6.07) is 9.71. The van der Waals surface area contributed by atoms with Gasteiger partial charge < -0.3 is 5.32 Å². The van der Waals surface area contributed by atoms with E-state index in [-0.39, 0.29) is 0 Å². The van der Waals surface area contributed by atoms with Gasteiger partial charge in [0.2, 0.25) is 0 Å². The van der Waals surface area contributed by atoms with Crippen molar-refractivity contribution in [2.75, 3.05) is 26.2 Å². The summed E-state index contributed by atoms with van der Waals surface area (Å²) in [5, 5.41) is 3.52. The molecule has 2 heterocycles. The Morgan fingerprint density at radius 1 is 1.06 bits per heavy atom. The van der Waals surface area contributed by atoms with Crippen LogP contribution in [0.4, 0.5) is 0 Å². The Hall–Kier alpha value is -0.860. The molecule has 0 saturated carbocycles. The van der Waals surface area contributed by atoms with E-state index >= 15 is 0 Å². The lowest BCUT2D eigenvalue weighted by Gasteiger charge is -2.29. The maximum atomic E-state index is 3.52. The van der Waals surface area contributed by atoms with Crippen LogP contribution in [0.5, 0.6) is 0 Å². The summed E-state index contributed by atoms with van der Waals surface area (Å²) in [6.07, 6.45) is 2.44. The molecule has 2 nitrogen and oxygen atoms in total. The van der Waals surface area contributed by atoms with Gasteiger partial charge in [-0.1, -0.05) is 31.2 Å². The average Bonchev–Trinajstić information content (AvgIpc) is 2.66. The zero-order valence-corrected chi connectivity index (χ0v) is 10.7. The van der Waals surface area contributed by atoms with Crippen LogP contribution in [-0.2, 0) is 12.8 Å². The van der Waals surface area contributed by atoms with E-state index in [1.165, 1.54) is 39.0 Å². The van der Waals surface area contributed by atoms with Crippen LogP contribution in [0.25, 0.3) is 0 Å². The SMILES string of the molecule is CC1CNCC1N1CCc2ccccc2CC1. The van der Waals surface area contributed by atoms with Gasteiger partial charge in [-0.2, -0.15) is 0 Å². The molecule has 1 saturated heterocycles. The van der Waals surface area contributed by atoms with Crippen LogP contribution in [0.1, 0.15) is 18.1 Å². The van der Waals surface area contributed by atoms with Gasteiger partial charge in [-0.3, -0.25) is 4.90 Å². The Morgan fingerprint density at radius 2 is 1.71 bits per heavy atom. The smallest absolute Gasteiger partial charge is 0.0258 e. The number of fused-ring (bicyclic) bond motifs is 1. The fourth-order valence-corrected chi connectivity index (χ4v) is 3.30. The zero-order valence-electron chi connectivity index (χ0n) is 10.7. The number of nitrogens with zero attached hydrogens (tertiary/aromatic N) is 1. The average molecular weight is 230 g/mol. The van der Waals surface area contributed by atoms with Crippen LogP contribution < -0.4 is 5.32 Å². The molecule has 1 aromatic rings. The quantitative estimate of drug-likeness (QED) is 0.790. The van der Waals surface area contributed by atoms with Crippen molar-refractivity contribution in [1.29, 1.82) is 0 Å². The van der Waals surface area contributed by atoms with E-state index in [2.05, 4.69) is 41.4 Å². The van der Waals surface area contributed by atoms with Crippen molar-refractivity contribution in [3.8, 4) is 0 Å². The molecule has 0 aliphatic carbocycles. The Labute approximate surface area is 104 Å². The molecule has 3 rings (SSSR count). The molecule has 0 radical (unpaired) electrons. The molecule has 92 valence electrons. The van der Waals surface area contributed by atoms with Crippen LogP contribution in [-0.4, -0.2) is 37.1 Å². The second-order valence-corrected chi connectivity index (χ2v) is 5.51. The number of hydrogen-bond donors (Lipinski definition) is 1. The highest BCUT2D eigenvalue weighted by Gasteiger charge is 2.29. The number of hydrogen-bond acceptors (Lipinski definition) is 2. The van der Waals surface area contributed by atoms with E-state index < -0.39 is 0 Å². The molecule has 17 heavy (non-hydrogen) atoms. The fourth-order valence-electron chi connectivity index (χ4n) is 3.30. The molecule has 2 atom stereocenters. The summed E-state index contributed by atoms with van der Waals surface area (Å²) in [5.41, 5.74) is 3.13. The Bertz CT molecular complexity index is 361. The van der Waals surface area contributed by atoms with E-state index in [0.717, 1.165) is 12.0 Å². The van der Waals surface area contributed by atoms with Crippen LogP contribution in [0.15, 0.2) is 24.3 Å². The summed E-state index contributed by atoms with van der Waals surface area (Å²) >= 11 is 0. The lowest BCUT2D eigenvalue weighted by Crippen LogP contribution is -2.41. The second kappa shape index (κ2) is 4.79. The molecule has 2 aliphatic heterocycles. The van der Waals surface area contributed by atoms with Gasteiger partial charge in [-0.05, 0) is 36.4 Å². The number of benzene rings is 1. The highest BCUT2D eigenvalue weighted by atomic mass is 15.2. The highest BCUT2D eigenvalue weighted by molar-refractivity contribution is 5.28. The van der Waals surface area contributed by atoms with Crippen LogP contribution in [0.3, 0.4) is 0 Å². The van der Waals surface area contributed by atoms with Crippen molar-refractivity contribution >= 4 is 0 Å². The highest BCUT2D eigenvalue weighted by Crippen LogP contribution is 2.21. The summed E-state index contributed by atoms with van der Waals surface area (Å²) in [7, 11) is 0. The summed E-state index contributed by atoms with van der Waals surface area (Å²) in [4.78, 5) is 2.70. The van der Waals surface area contributed by atoms with E-state index in [1.54, 1.807) is 11.1 Å². The molecule has 2 aliphatic rings. The van der Waals surface area contributed by atoms with Crippen molar-refractivity contribution in [1.82, 2.24) is 10.2 Å². The zero-order chi connectivity index (χ0) is 11.7. The molecule has 2 heteroatoms. The van der Waals surface area contributed by atoms with Gasteiger partial charge in [0, 0.05) is 25.7 Å². The predicted molar refractivity (Wildman–Crippen MR) is 71.2 cm³/mol. The van der Waals surface area contributed by atoms with Crippen molar-refractivity contribution in [2.45, 2.75) is 25.8 Å². The Balaban J connectivity index is 1.72. The summed E-state index contributed by atoms with van der Waals surface area (Å²) < 4.78 is 0. The largest absolute Gasteiger partial charge is 0.315 e. The molecular weight excluding hydrogens is 208 g/mol. The van der Waals surface area contributed by atoms with E-state index in [0.29, 0.717) is 0 Å². The molecule has 1 fully saturated rings. The van der Waals surface area contributed by atoms with E-state index in [4.69, 9.17) is 0 Å². The summed E-state index contributed by atoms with van der Waals surface area (Å²) in [5.74, 6) is 0.802. The molecule has 1 aromatic carbocycles. The lowest BCUT2D eigenvalue weighted by molar-refractivity contribution is 0.186. The maximum absolute atomic E-state index is 3.52. The molecule has 1 N–H and O–H groups in total. The van der Waals surface area contributed by atoms with E-state index in [9.17, 15) is 0 Å². The third-order valence-corrected chi connectivity index (χ3v) is 4.40. The van der Waals surface area contributed by atoms with Gasteiger partial charge in [-0.25, -0.2) is 0 Å². The topological polar surface area (TPSA) is 15.3 Å². The normalized spacial score (nSPS) is 29.9. The van der Waals surface area contributed by atoms with Gasteiger partial charge in [0.05, 0.1) is 0 Å². The Morgan fingerprint density at radius 3 is 2.24 bits per heavy atom. The van der Waals surface area contributed by atoms with Crippen LogP contribution in [0.2, 0.25) is 0 Å². The lowest BCUT2D eigenvalue weighted by atomic mass is 10.0. The Kier molecular flexibility index (Phi) is 3.17. The van der Waals surface area contributed by atoms with E-state index in [1.807, 2.05) is 0 Å². The van der Waals surface area contributed by atoms with Crippen LogP contribution >= 0.6 is 0 Å². The van der Waals surface area contributed by atoms with Gasteiger partial charge in [0.15, 0.2) is 0 Å². The molecule has 2 unspecified atom stereocenters. The van der Waals surface area contributed by atoms with Crippen molar-refractivity contribution in [2.24, 2.45) is 5.92 Å². The predicted octanol–water partition coefficient (Wildman–Crippen LogP) is 1.70. The van der Waals surface area contributed by atoms with Gasteiger partial charge in [0.25, 0.3) is 0 Å². The molecular formula is C15H22N2. The van der Waals surface area contributed by atoms with Gasteiger partial charge >= 0.3 is 0 Å². The molecule has 0 aromatic heterocycles. The molecule has 0 amide bonds. The fraction of sp³-hybridized carbons (Fsp3) is 0.600. The summed E-state index contributed by atoms with van der Waals surface area (Å²) in [6.45, 7) is 7.20. The first kappa shape index (κ1) is 11.2. The first-order valence-corrected chi connectivity index (χ1v) is 6.86. The second-order valence-electron chi connectivity index (χ2n) is 5.51. The number of rotatable bonds is 1. The molecule has 0 spiro atoms. The third-order valence-electron chi connectivity index (χ3n) is 4.40. The minimum atomic E-state index is 0.754. The van der Waals surface area contributed by atoms with Gasteiger partial charge in [0.1, 0.15) is 0 Å². The van der Waals surface area contributed by atoms with Crippen LogP contribution in [0, 0.1) is 5.92 Å². The minimum Gasteiger partial charge on any atom is -0.315 e. The van der Waals surface area contributed by atoms with Crippen molar-refractivity contribution < 1.29 is 0 Å². The monoisotopic (exact) mass is 230 g/mol.